The Morgan fingerprint density at radius 2 is 1.83 bits per heavy atom. The zero-order chi connectivity index (χ0) is 25.1. The van der Waals surface area contributed by atoms with Crippen LogP contribution in [0.3, 0.4) is 0 Å². The lowest BCUT2D eigenvalue weighted by atomic mass is 10.1. The van der Waals surface area contributed by atoms with E-state index < -0.39 is 0 Å². The molecule has 0 spiro atoms. The van der Waals surface area contributed by atoms with Crippen LogP contribution in [0.1, 0.15) is 18.2 Å². The van der Waals surface area contributed by atoms with Crippen LogP contribution in [-0.2, 0) is 4.79 Å². The number of benzene rings is 3. The van der Waals surface area contributed by atoms with Crippen molar-refractivity contribution in [1.82, 2.24) is 15.0 Å². The van der Waals surface area contributed by atoms with Crippen molar-refractivity contribution in [3.8, 4) is 22.8 Å². The Bertz CT molecular complexity index is 1570. The number of ether oxygens (including phenoxy) is 1. The van der Waals surface area contributed by atoms with Crippen LogP contribution in [0.2, 0.25) is 5.02 Å². The summed E-state index contributed by atoms with van der Waals surface area (Å²) in [6.45, 7) is 4.50. The van der Waals surface area contributed by atoms with Gasteiger partial charge in [0.1, 0.15) is 28.3 Å². The number of hydrogen-bond acceptors (Lipinski definition) is 5. The highest BCUT2D eigenvalue weighted by atomic mass is 35.5. The Kier molecular flexibility index (Phi) is 6.56. The number of anilines is 1. The molecule has 180 valence electrons. The number of halogens is 1. The monoisotopic (exact) mass is 498 g/mol. The lowest BCUT2D eigenvalue weighted by Crippen LogP contribution is -2.07. The van der Waals surface area contributed by atoms with Gasteiger partial charge in [-0.1, -0.05) is 23.7 Å². The number of aryl methyl sites for hydroxylation is 1. The van der Waals surface area contributed by atoms with E-state index >= 15 is 0 Å². The van der Waals surface area contributed by atoms with Crippen LogP contribution in [0.25, 0.3) is 34.1 Å². The Morgan fingerprint density at radius 1 is 1.03 bits per heavy atom. The number of nitrogens with one attached hydrogen (secondary N) is 1. The summed E-state index contributed by atoms with van der Waals surface area (Å²) in [5.41, 5.74) is 4.69. The lowest BCUT2D eigenvalue weighted by Gasteiger charge is -2.03. The fraction of sp³-hybridized carbons (Fsp3) is 0.107. The molecule has 7 nitrogen and oxygen atoms in total. The topological polar surface area (TPSA) is 82.2 Å². The third kappa shape index (κ3) is 5.16. The van der Waals surface area contributed by atoms with Gasteiger partial charge in [-0.3, -0.25) is 4.79 Å². The fourth-order valence-electron chi connectivity index (χ4n) is 3.64. The van der Waals surface area contributed by atoms with Gasteiger partial charge >= 0.3 is 0 Å². The molecule has 2 aromatic heterocycles. The molecule has 0 aliphatic heterocycles. The van der Waals surface area contributed by atoms with Gasteiger partial charge in [0.05, 0.1) is 12.3 Å². The van der Waals surface area contributed by atoms with E-state index in [1.165, 1.54) is 6.08 Å². The number of rotatable bonds is 7. The SMILES string of the molecule is CCOc1ccc(-n2nc3ccc(NC(=O)/C=C/c4ccc(-c5ccc(C)c(Cl)c5)o4)cc3n2)cc1. The molecule has 0 atom stereocenters. The normalized spacial score (nSPS) is 11.3. The van der Waals surface area contributed by atoms with Crippen LogP contribution in [0.4, 0.5) is 5.69 Å². The van der Waals surface area contributed by atoms with Crippen molar-refractivity contribution in [1.29, 1.82) is 0 Å². The van der Waals surface area contributed by atoms with Crippen molar-refractivity contribution >= 4 is 40.3 Å². The van der Waals surface area contributed by atoms with E-state index in [9.17, 15) is 4.79 Å². The smallest absolute Gasteiger partial charge is 0.248 e. The third-order valence-corrected chi connectivity index (χ3v) is 5.92. The highest BCUT2D eigenvalue weighted by Gasteiger charge is 2.08. The van der Waals surface area contributed by atoms with Crippen molar-refractivity contribution < 1.29 is 13.9 Å². The minimum Gasteiger partial charge on any atom is -0.494 e. The van der Waals surface area contributed by atoms with Gasteiger partial charge in [-0.15, -0.1) is 10.2 Å². The number of amides is 1. The van der Waals surface area contributed by atoms with Crippen LogP contribution < -0.4 is 10.1 Å². The summed E-state index contributed by atoms with van der Waals surface area (Å²) in [6, 6.07) is 22.3. The maximum atomic E-state index is 12.5. The molecule has 3 aromatic carbocycles. The molecule has 0 aliphatic rings. The number of carbonyl (C=O) groups is 1. The van der Waals surface area contributed by atoms with E-state index in [1.807, 2.05) is 68.4 Å². The third-order valence-electron chi connectivity index (χ3n) is 5.51. The molecule has 2 heterocycles. The molecule has 0 unspecified atom stereocenters. The zero-order valence-corrected chi connectivity index (χ0v) is 20.5. The molecule has 0 fully saturated rings. The second-order valence-corrected chi connectivity index (χ2v) is 8.52. The van der Waals surface area contributed by atoms with Crippen molar-refractivity contribution in [2.24, 2.45) is 0 Å². The summed E-state index contributed by atoms with van der Waals surface area (Å²) in [4.78, 5) is 14.0. The molecule has 8 heteroatoms. The Morgan fingerprint density at radius 3 is 2.61 bits per heavy atom. The molecule has 0 bridgehead atoms. The van der Waals surface area contributed by atoms with Gasteiger partial charge in [0.2, 0.25) is 5.91 Å². The number of hydrogen-bond donors (Lipinski definition) is 1. The summed E-state index contributed by atoms with van der Waals surface area (Å²) in [6.07, 6.45) is 3.04. The number of carbonyl (C=O) groups excluding carboxylic acids is 1. The number of aromatic nitrogens is 3. The molecule has 1 amide bonds. The van der Waals surface area contributed by atoms with Crippen LogP contribution in [0.15, 0.2) is 83.3 Å². The number of fused-ring (bicyclic) bond motifs is 1. The van der Waals surface area contributed by atoms with Crippen LogP contribution in [0.5, 0.6) is 5.75 Å². The van der Waals surface area contributed by atoms with Gasteiger partial charge in [0.15, 0.2) is 0 Å². The summed E-state index contributed by atoms with van der Waals surface area (Å²) >= 11 is 6.21. The van der Waals surface area contributed by atoms with E-state index in [0.717, 1.165) is 28.1 Å². The lowest BCUT2D eigenvalue weighted by molar-refractivity contribution is -0.111. The van der Waals surface area contributed by atoms with Crippen molar-refractivity contribution in [3.63, 3.8) is 0 Å². The van der Waals surface area contributed by atoms with Crippen LogP contribution in [0, 0.1) is 6.92 Å². The van der Waals surface area contributed by atoms with Crippen LogP contribution in [-0.4, -0.2) is 27.5 Å². The predicted molar refractivity (Wildman–Crippen MR) is 142 cm³/mol. The fourth-order valence-corrected chi connectivity index (χ4v) is 3.82. The van der Waals surface area contributed by atoms with E-state index in [0.29, 0.717) is 34.4 Å². The summed E-state index contributed by atoms with van der Waals surface area (Å²) in [5, 5.41) is 12.6. The van der Waals surface area contributed by atoms with Crippen molar-refractivity contribution in [2.45, 2.75) is 13.8 Å². The van der Waals surface area contributed by atoms with E-state index in [-0.39, 0.29) is 5.91 Å². The van der Waals surface area contributed by atoms with E-state index in [2.05, 4.69) is 15.5 Å². The van der Waals surface area contributed by atoms with Gasteiger partial charge in [-0.25, -0.2) is 0 Å². The van der Waals surface area contributed by atoms with Gasteiger partial charge in [-0.05, 0) is 86.2 Å². The summed E-state index contributed by atoms with van der Waals surface area (Å²) in [5.74, 6) is 1.74. The number of nitrogens with zero attached hydrogens (tertiary/aromatic N) is 3. The van der Waals surface area contributed by atoms with Crippen molar-refractivity contribution in [2.75, 3.05) is 11.9 Å². The van der Waals surface area contributed by atoms with Gasteiger partial charge in [-0.2, -0.15) is 4.80 Å². The quantitative estimate of drug-likeness (QED) is 0.253. The predicted octanol–water partition coefficient (Wildman–Crippen LogP) is 6.69. The Hall–Kier alpha value is -4.36. The van der Waals surface area contributed by atoms with E-state index in [1.54, 1.807) is 29.1 Å². The van der Waals surface area contributed by atoms with Gasteiger partial charge in [0, 0.05) is 22.3 Å². The second kappa shape index (κ2) is 10.1. The highest BCUT2D eigenvalue weighted by Crippen LogP contribution is 2.27. The Balaban J connectivity index is 1.26. The molecule has 0 saturated heterocycles. The van der Waals surface area contributed by atoms with E-state index in [4.69, 9.17) is 20.8 Å². The molecule has 0 saturated carbocycles. The molecule has 0 radical (unpaired) electrons. The second-order valence-electron chi connectivity index (χ2n) is 8.11. The molecule has 5 rings (SSSR count). The average molecular weight is 499 g/mol. The molecular formula is C28H23ClN4O3. The first kappa shape index (κ1) is 23.4. The van der Waals surface area contributed by atoms with Gasteiger partial charge < -0.3 is 14.5 Å². The Labute approximate surface area is 213 Å². The number of furan rings is 1. The molecule has 0 aliphatic carbocycles. The molecule has 36 heavy (non-hydrogen) atoms. The van der Waals surface area contributed by atoms with Crippen LogP contribution >= 0.6 is 11.6 Å². The molecule has 5 aromatic rings. The minimum absolute atomic E-state index is 0.287. The highest BCUT2D eigenvalue weighted by molar-refractivity contribution is 6.31. The zero-order valence-electron chi connectivity index (χ0n) is 19.7. The maximum Gasteiger partial charge on any atom is 0.248 e. The van der Waals surface area contributed by atoms with Crippen molar-refractivity contribution in [3.05, 3.63) is 95.2 Å². The standard InChI is InChI=1S/C28H23ClN4O3/c1-3-35-22-9-7-21(8-10-22)33-31-25-13-6-20(17-26(25)32-33)30-28(34)15-12-23-11-14-27(36-23)19-5-4-18(2)24(29)16-19/h4-17H,3H2,1-2H3,(H,30,34)/b15-12+. The molecular weight excluding hydrogens is 476 g/mol. The molecule has 1 N–H and O–H groups in total. The van der Waals surface area contributed by atoms with Gasteiger partial charge in [0.25, 0.3) is 0 Å². The first-order valence-electron chi connectivity index (χ1n) is 11.4. The first-order valence-corrected chi connectivity index (χ1v) is 11.8. The largest absolute Gasteiger partial charge is 0.494 e. The first-order chi connectivity index (χ1) is 17.5. The summed E-state index contributed by atoms with van der Waals surface area (Å²) < 4.78 is 11.3. The summed E-state index contributed by atoms with van der Waals surface area (Å²) in [7, 11) is 0. The average Bonchev–Trinajstić information content (AvgIpc) is 3.52. The minimum atomic E-state index is -0.287. The maximum absolute atomic E-state index is 12.5.